The number of nitrogens with zero attached hydrogens (tertiary/aromatic N) is 1. The number of hydrogen-bond donors (Lipinski definition) is 3. The molecule has 1 aliphatic heterocycles. The predicted molar refractivity (Wildman–Crippen MR) is 126 cm³/mol. The molecule has 2 aromatic carbocycles. The topological polar surface area (TPSA) is 125 Å². The molecule has 1 aliphatic carbocycles. The van der Waals surface area contributed by atoms with E-state index in [1.54, 1.807) is 6.07 Å². The van der Waals surface area contributed by atoms with Crippen LogP contribution in [-0.4, -0.2) is 71.7 Å². The molecular formula is C26H27FN2O7. The molecule has 3 N–H and O–H groups in total. The zero-order valence-corrected chi connectivity index (χ0v) is 19.8. The average molecular weight is 499 g/mol. The monoisotopic (exact) mass is 498 g/mol. The summed E-state index contributed by atoms with van der Waals surface area (Å²) in [5.74, 6) is -1.47. The molecule has 2 aliphatic rings. The standard InChI is InChI=1S/C26H27FN2O7/c1-14(32)29(12-15-3-5-17(27)6-4-15)20-11-19(26(34)28-7-8-30)22-18-9-16(13-31)10-21(35-2)24(18)36-25(22)23(20)33/h3-6,9-11,13,20,22-23,25,30,33H,7-8,12H2,1-2H3,(H,28,34)/t20-,22+,23+,25+/m1/s1. The maximum atomic E-state index is 13.4. The first-order valence-electron chi connectivity index (χ1n) is 11.4. The Kier molecular flexibility index (Phi) is 7.37. The Hall–Kier alpha value is -3.76. The smallest absolute Gasteiger partial charge is 0.247 e. The van der Waals surface area contributed by atoms with Crippen LogP contribution in [0.1, 0.15) is 34.3 Å². The minimum absolute atomic E-state index is 0.00179. The number of rotatable bonds is 8. The Morgan fingerprint density at radius 3 is 2.58 bits per heavy atom. The number of nitrogens with one attached hydrogen (secondary N) is 1. The van der Waals surface area contributed by atoms with Crippen LogP contribution in [0, 0.1) is 5.82 Å². The molecule has 36 heavy (non-hydrogen) atoms. The fraction of sp³-hybridized carbons (Fsp3) is 0.346. The minimum atomic E-state index is -1.24. The molecule has 1 heterocycles. The Balaban J connectivity index is 1.79. The van der Waals surface area contributed by atoms with Crippen molar-refractivity contribution in [1.82, 2.24) is 10.2 Å². The quantitative estimate of drug-likeness (QED) is 0.469. The number of aliphatic hydroxyl groups excluding tert-OH is 2. The van der Waals surface area contributed by atoms with E-state index < -0.39 is 35.9 Å². The van der Waals surface area contributed by atoms with Crippen LogP contribution in [0.3, 0.4) is 0 Å². The molecule has 0 saturated heterocycles. The van der Waals surface area contributed by atoms with Gasteiger partial charge in [0.15, 0.2) is 11.5 Å². The highest BCUT2D eigenvalue weighted by molar-refractivity contribution is 5.96. The van der Waals surface area contributed by atoms with Crippen molar-refractivity contribution in [3.63, 3.8) is 0 Å². The molecule has 0 spiro atoms. The van der Waals surface area contributed by atoms with E-state index in [1.807, 2.05) is 0 Å². The molecule has 0 aromatic heterocycles. The summed E-state index contributed by atoms with van der Waals surface area (Å²) in [6.07, 6.45) is -0.0449. The largest absolute Gasteiger partial charge is 0.493 e. The van der Waals surface area contributed by atoms with E-state index in [0.717, 1.165) is 0 Å². The summed E-state index contributed by atoms with van der Waals surface area (Å²) < 4.78 is 24.9. The number of aliphatic hydroxyl groups is 2. The first kappa shape index (κ1) is 25.3. The average Bonchev–Trinajstić information content (AvgIpc) is 3.26. The van der Waals surface area contributed by atoms with Crippen LogP contribution in [0.15, 0.2) is 48.0 Å². The van der Waals surface area contributed by atoms with Crippen LogP contribution < -0.4 is 14.8 Å². The first-order valence-corrected chi connectivity index (χ1v) is 11.4. The summed E-state index contributed by atoms with van der Waals surface area (Å²) in [5, 5.41) is 23.2. The highest BCUT2D eigenvalue weighted by Gasteiger charge is 2.51. The van der Waals surface area contributed by atoms with Gasteiger partial charge in [-0.3, -0.25) is 14.4 Å². The molecule has 0 fully saturated rings. The predicted octanol–water partition coefficient (Wildman–Crippen LogP) is 1.32. The van der Waals surface area contributed by atoms with E-state index in [0.29, 0.717) is 28.7 Å². The van der Waals surface area contributed by atoms with Crippen LogP contribution in [0.25, 0.3) is 0 Å². The normalized spacial score (nSPS) is 22.0. The molecule has 0 radical (unpaired) electrons. The van der Waals surface area contributed by atoms with Crippen LogP contribution in [0.4, 0.5) is 4.39 Å². The number of aldehydes is 1. The maximum absolute atomic E-state index is 13.4. The van der Waals surface area contributed by atoms with E-state index in [-0.39, 0.29) is 36.9 Å². The molecule has 0 unspecified atom stereocenters. The summed E-state index contributed by atoms with van der Waals surface area (Å²) in [6.45, 7) is 1.12. The number of halogens is 1. The van der Waals surface area contributed by atoms with Gasteiger partial charge in [-0.25, -0.2) is 4.39 Å². The molecule has 2 amide bonds. The lowest BCUT2D eigenvalue weighted by molar-refractivity contribution is -0.135. The number of ether oxygens (including phenoxy) is 2. The molecule has 0 bridgehead atoms. The van der Waals surface area contributed by atoms with Gasteiger partial charge in [-0.1, -0.05) is 12.1 Å². The second-order valence-electron chi connectivity index (χ2n) is 8.68. The van der Waals surface area contributed by atoms with Gasteiger partial charge in [0.2, 0.25) is 11.8 Å². The third-order valence-corrected chi connectivity index (χ3v) is 6.44. The van der Waals surface area contributed by atoms with Gasteiger partial charge in [-0.2, -0.15) is 0 Å². The van der Waals surface area contributed by atoms with Gasteiger partial charge >= 0.3 is 0 Å². The highest BCUT2D eigenvalue weighted by Crippen LogP contribution is 2.51. The lowest BCUT2D eigenvalue weighted by atomic mass is 9.77. The van der Waals surface area contributed by atoms with Gasteiger partial charge in [-0.05, 0) is 35.9 Å². The number of hydrogen-bond acceptors (Lipinski definition) is 7. The number of carbonyl (C=O) groups excluding carboxylic acids is 3. The van der Waals surface area contributed by atoms with Crippen molar-refractivity contribution in [2.24, 2.45) is 0 Å². The lowest BCUT2D eigenvalue weighted by Gasteiger charge is -2.40. The van der Waals surface area contributed by atoms with Gasteiger partial charge < -0.3 is 29.9 Å². The van der Waals surface area contributed by atoms with Crippen molar-refractivity contribution in [1.29, 1.82) is 0 Å². The van der Waals surface area contributed by atoms with Crippen molar-refractivity contribution in [2.75, 3.05) is 20.3 Å². The molecule has 2 aromatic rings. The SMILES string of the molecule is COc1cc(C=O)cc2c1O[C@@H]1[C@@H](O)[C@H](N(Cc3ccc(F)cc3)C(C)=O)C=C(C(=O)NCCO)[C@H]21. The summed E-state index contributed by atoms with van der Waals surface area (Å²) in [5.41, 5.74) is 1.66. The van der Waals surface area contributed by atoms with Crippen molar-refractivity contribution < 1.29 is 38.5 Å². The minimum Gasteiger partial charge on any atom is -0.493 e. The molecule has 10 heteroatoms. The Morgan fingerprint density at radius 1 is 1.25 bits per heavy atom. The first-order chi connectivity index (χ1) is 17.3. The van der Waals surface area contributed by atoms with Crippen molar-refractivity contribution in [3.8, 4) is 11.5 Å². The molecular weight excluding hydrogens is 471 g/mol. The summed E-state index contributed by atoms with van der Waals surface area (Å²) in [7, 11) is 1.42. The summed E-state index contributed by atoms with van der Waals surface area (Å²) in [6, 6.07) is 7.76. The van der Waals surface area contributed by atoms with Gasteiger partial charge in [0.05, 0.1) is 25.7 Å². The fourth-order valence-electron chi connectivity index (χ4n) is 4.77. The highest BCUT2D eigenvalue weighted by atomic mass is 19.1. The molecule has 4 atom stereocenters. The van der Waals surface area contributed by atoms with Crippen LogP contribution in [0.2, 0.25) is 0 Å². The Morgan fingerprint density at radius 2 is 1.97 bits per heavy atom. The van der Waals surface area contributed by atoms with Crippen LogP contribution >= 0.6 is 0 Å². The fourth-order valence-corrected chi connectivity index (χ4v) is 4.77. The lowest BCUT2D eigenvalue weighted by Crippen LogP contribution is -2.55. The Bertz CT molecular complexity index is 1200. The van der Waals surface area contributed by atoms with Crippen molar-refractivity contribution in [3.05, 3.63) is 70.6 Å². The Labute approximate surface area is 207 Å². The number of carbonyl (C=O) groups is 3. The number of benzene rings is 2. The van der Waals surface area contributed by atoms with Crippen molar-refractivity contribution in [2.45, 2.75) is 37.6 Å². The third-order valence-electron chi connectivity index (χ3n) is 6.44. The maximum Gasteiger partial charge on any atom is 0.247 e. The van der Waals surface area contributed by atoms with Gasteiger partial charge in [0.25, 0.3) is 0 Å². The number of fused-ring (bicyclic) bond motifs is 3. The number of methoxy groups -OCH3 is 1. The van der Waals surface area contributed by atoms with Gasteiger partial charge in [0.1, 0.15) is 24.3 Å². The van der Waals surface area contributed by atoms with E-state index in [1.165, 1.54) is 55.3 Å². The second-order valence-corrected chi connectivity index (χ2v) is 8.68. The van der Waals surface area contributed by atoms with E-state index in [4.69, 9.17) is 9.47 Å². The molecule has 190 valence electrons. The summed E-state index contributed by atoms with van der Waals surface area (Å²) >= 11 is 0. The number of amides is 2. The summed E-state index contributed by atoms with van der Waals surface area (Å²) in [4.78, 5) is 38.8. The van der Waals surface area contributed by atoms with Crippen molar-refractivity contribution >= 4 is 18.1 Å². The van der Waals surface area contributed by atoms with E-state index in [2.05, 4.69) is 5.32 Å². The molecule has 9 nitrogen and oxygen atoms in total. The third kappa shape index (κ3) is 4.69. The van der Waals surface area contributed by atoms with E-state index in [9.17, 15) is 29.0 Å². The van der Waals surface area contributed by atoms with Crippen LogP contribution in [-0.2, 0) is 16.1 Å². The van der Waals surface area contributed by atoms with Gasteiger partial charge in [0, 0.05) is 36.7 Å². The van der Waals surface area contributed by atoms with Crippen LogP contribution in [0.5, 0.6) is 11.5 Å². The molecule has 0 saturated carbocycles. The second kappa shape index (κ2) is 10.5. The van der Waals surface area contributed by atoms with E-state index >= 15 is 0 Å². The zero-order chi connectivity index (χ0) is 26.0. The molecule has 4 rings (SSSR count). The van der Waals surface area contributed by atoms with Gasteiger partial charge in [-0.15, -0.1) is 0 Å². The zero-order valence-electron chi connectivity index (χ0n) is 19.8.